The second-order valence-corrected chi connectivity index (χ2v) is 2.82. The van der Waals surface area contributed by atoms with Gasteiger partial charge in [0.05, 0.1) is 0 Å². The van der Waals surface area contributed by atoms with Gasteiger partial charge in [0, 0.05) is 26.3 Å². The largest absolute Gasteiger partial charge is 0.396 e. The van der Waals surface area contributed by atoms with Crippen molar-refractivity contribution in [3.8, 4) is 0 Å². The van der Waals surface area contributed by atoms with Gasteiger partial charge in [0.15, 0.2) is 0 Å². The molecule has 0 aliphatic carbocycles. The summed E-state index contributed by atoms with van der Waals surface area (Å²) in [6.45, 7) is 1.58. The number of aliphatic hydroxyl groups is 2. The molecule has 0 heterocycles. The van der Waals surface area contributed by atoms with Crippen molar-refractivity contribution in [3.63, 3.8) is 0 Å². The first-order valence-corrected chi connectivity index (χ1v) is 4.46. The summed E-state index contributed by atoms with van der Waals surface area (Å²) in [5.41, 5.74) is 0. The van der Waals surface area contributed by atoms with E-state index in [1.165, 1.54) is 5.06 Å². The molecule has 0 saturated carbocycles. The highest BCUT2D eigenvalue weighted by molar-refractivity contribution is 5.85. The maximum atomic E-state index is 9.17. The summed E-state index contributed by atoms with van der Waals surface area (Å²) < 4.78 is 0. The van der Waals surface area contributed by atoms with E-state index in [0.717, 1.165) is 25.7 Å². The predicted octanol–water partition coefficient (Wildman–Crippen LogP) is 0.644. The summed E-state index contributed by atoms with van der Waals surface area (Å²) in [5.74, 6) is 0. The van der Waals surface area contributed by atoms with Crippen LogP contribution in [0.25, 0.3) is 0 Å². The monoisotopic (exact) mass is 213 g/mol. The summed E-state index contributed by atoms with van der Waals surface area (Å²) >= 11 is 0. The molecule has 0 radical (unpaired) electrons. The molecule has 0 aromatic rings. The third-order valence-electron chi connectivity index (χ3n) is 1.65. The van der Waals surface area contributed by atoms with Gasteiger partial charge in [-0.25, -0.2) is 0 Å². The number of hydrogen-bond donors (Lipinski definition) is 3. The van der Waals surface area contributed by atoms with Crippen molar-refractivity contribution in [1.82, 2.24) is 5.06 Å². The number of hydrogen-bond acceptors (Lipinski definition) is 4. The molecule has 0 aliphatic rings. The Bertz CT molecular complexity index is 85.5. The predicted molar refractivity (Wildman–Crippen MR) is 53.2 cm³/mol. The van der Waals surface area contributed by atoms with Gasteiger partial charge in [0.25, 0.3) is 0 Å². The number of hydroxylamine groups is 2. The van der Waals surface area contributed by atoms with E-state index in [2.05, 4.69) is 0 Å². The molecule has 13 heavy (non-hydrogen) atoms. The molecule has 0 fully saturated rings. The fourth-order valence-corrected chi connectivity index (χ4v) is 0.924. The van der Waals surface area contributed by atoms with Crippen molar-refractivity contribution < 1.29 is 15.4 Å². The molecule has 0 aliphatic heterocycles. The Morgan fingerprint density at radius 1 is 0.769 bits per heavy atom. The normalized spacial score (nSPS) is 10.2. The van der Waals surface area contributed by atoms with Crippen molar-refractivity contribution in [2.45, 2.75) is 25.7 Å². The van der Waals surface area contributed by atoms with Crippen LogP contribution in [-0.4, -0.2) is 46.8 Å². The first-order chi connectivity index (χ1) is 5.81. The Labute approximate surface area is 85.5 Å². The molecule has 0 saturated heterocycles. The summed E-state index contributed by atoms with van der Waals surface area (Å²) in [5, 5.41) is 27.3. The molecule has 0 aromatic heterocycles. The van der Waals surface area contributed by atoms with Crippen LogP contribution in [0.3, 0.4) is 0 Å². The first-order valence-electron chi connectivity index (χ1n) is 4.46. The SMILES string of the molecule is Cl.OCCCCN(O)CCCCO. The van der Waals surface area contributed by atoms with Crippen molar-refractivity contribution in [1.29, 1.82) is 0 Å². The molecular weight excluding hydrogens is 194 g/mol. The maximum absolute atomic E-state index is 9.17. The molecule has 0 spiro atoms. The van der Waals surface area contributed by atoms with E-state index in [0.29, 0.717) is 13.1 Å². The van der Waals surface area contributed by atoms with Crippen LogP contribution in [0.1, 0.15) is 25.7 Å². The van der Waals surface area contributed by atoms with Gasteiger partial charge in [-0.05, 0) is 25.7 Å². The minimum Gasteiger partial charge on any atom is -0.396 e. The van der Waals surface area contributed by atoms with E-state index in [9.17, 15) is 5.21 Å². The Morgan fingerprint density at radius 3 is 1.46 bits per heavy atom. The molecule has 5 heteroatoms. The van der Waals surface area contributed by atoms with Crippen LogP contribution in [0, 0.1) is 0 Å². The average Bonchev–Trinajstić information content (AvgIpc) is 2.06. The molecule has 0 atom stereocenters. The zero-order valence-corrected chi connectivity index (χ0v) is 8.67. The fraction of sp³-hybridized carbons (Fsp3) is 1.00. The highest BCUT2D eigenvalue weighted by atomic mass is 35.5. The maximum Gasteiger partial charge on any atom is 0.0431 e. The second kappa shape index (κ2) is 12.1. The molecule has 0 bridgehead atoms. The second-order valence-electron chi connectivity index (χ2n) is 2.82. The van der Waals surface area contributed by atoms with Gasteiger partial charge in [-0.3, -0.25) is 0 Å². The Kier molecular flexibility index (Phi) is 14.6. The number of aliphatic hydroxyl groups excluding tert-OH is 2. The van der Waals surface area contributed by atoms with Gasteiger partial charge in [-0.15, -0.1) is 12.4 Å². The van der Waals surface area contributed by atoms with E-state index in [1.807, 2.05) is 0 Å². The minimum absolute atomic E-state index is 0. The number of halogens is 1. The molecular formula is C8H20ClNO3. The van der Waals surface area contributed by atoms with Gasteiger partial charge in [0.1, 0.15) is 0 Å². The van der Waals surface area contributed by atoms with Crippen molar-refractivity contribution in [3.05, 3.63) is 0 Å². The molecule has 3 N–H and O–H groups in total. The highest BCUT2D eigenvalue weighted by Crippen LogP contribution is 1.95. The number of unbranched alkanes of at least 4 members (excludes halogenated alkanes) is 2. The van der Waals surface area contributed by atoms with Crippen LogP contribution >= 0.6 is 12.4 Å². The summed E-state index contributed by atoms with van der Waals surface area (Å²) in [7, 11) is 0. The van der Waals surface area contributed by atoms with Crippen LogP contribution in [0.4, 0.5) is 0 Å². The molecule has 0 rings (SSSR count). The summed E-state index contributed by atoms with van der Waals surface area (Å²) in [6, 6.07) is 0. The van der Waals surface area contributed by atoms with Gasteiger partial charge >= 0.3 is 0 Å². The summed E-state index contributed by atoms with van der Waals surface area (Å²) in [6.07, 6.45) is 3.09. The first kappa shape index (κ1) is 15.6. The minimum atomic E-state index is 0. The highest BCUT2D eigenvalue weighted by Gasteiger charge is 1.98. The fourth-order valence-electron chi connectivity index (χ4n) is 0.924. The zero-order chi connectivity index (χ0) is 9.23. The van der Waals surface area contributed by atoms with Gasteiger partial charge in [-0.2, -0.15) is 5.06 Å². The van der Waals surface area contributed by atoms with Crippen LogP contribution in [0.15, 0.2) is 0 Å². The van der Waals surface area contributed by atoms with Crippen LogP contribution in [-0.2, 0) is 0 Å². The van der Waals surface area contributed by atoms with Gasteiger partial charge < -0.3 is 15.4 Å². The lowest BCUT2D eigenvalue weighted by Crippen LogP contribution is -2.22. The van der Waals surface area contributed by atoms with E-state index < -0.39 is 0 Å². The van der Waals surface area contributed by atoms with E-state index in [4.69, 9.17) is 10.2 Å². The van der Waals surface area contributed by atoms with Crippen molar-refractivity contribution in [2.75, 3.05) is 26.3 Å². The topological polar surface area (TPSA) is 63.9 Å². The molecule has 4 nitrogen and oxygen atoms in total. The zero-order valence-electron chi connectivity index (χ0n) is 7.85. The Balaban J connectivity index is 0. The quantitative estimate of drug-likeness (QED) is 0.409. The van der Waals surface area contributed by atoms with Crippen LogP contribution < -0.4 is 0 Å². The number of nitrogens with zero attached hydrogens (tertiary/aromatic N) is 1. The van der Waals surface area contributed by atoms with Crippen LogP contribution in [0.5, 0.6) is 0 Å². The third-order valence-corrected chi connectivity index (χ3v) is 1.65. The standard InChI is InChI=1S/C8H19NO3.ClH/c10-7-3-1-5-9(12)6-2-4-8-11;/h10-12H,1-8H2;1H. The third kappa shape index (κ3) is 12.1. The van der Waals surface area contributed by atoms with E-state index >= 15 is 0 Å². The van der Waals surface area contributed by atoms with Crippen LogP contribution in [0.2, 0.25) is 0 Å². The summed E-state index contributed by atoms with van der Waals surface area (Å²) in [4.78, 5) is 0. The van der Waals surface area contributed by atoms with Crippen molar-refractivity contribution in [2.24, 2.45) is 0 Å². The van der Waals surface area contributed by atoms with Gasteiger partial charge in [0.2, 0.25) is 0 Å². The average molecular weight is 214 g/mol. The lowest BCUT2D eigenvalue weighted by molar-refractivity contribution is -0.0931. The van der Waals surface area contributed by atoms with Crippen molar-refractivity contribution >= 4 is 12.4 Å². The molecule has 0 unspecified atom stereocenters. The number of rotatable bonds is 8. The lowest BCUT2D eigenvalue weighted by atomic mass is 10.3. The molecule has 82 valence electrons. The molecule has 0 amide bonds. The Morgan fingerprint density at radius 2 is 1.15 bits per heavy atom. The van der Waals surface area contributed by atoms with E-state index in [1.54, 1.807) is 0 Å². The Hall–Kier alpha value is 0.130. The van der Waals surface area contributed by atoms with E-state index in [-0.39, 0.29) is 25.6 Å². The molecule has 0 aromatic carbocycles. The smallest absolute Gasteiger partial charge is 0.0431 e. The lowest BCUT2D eigenvalue weighted by Gasteiger charge is -2.13. The van der Waals surface area contributed by atoms with Gasteiger partial charge in [-0.1, -0.05) is 0 Å².